The van der Waals surface area contributed by atoms with Crippen LogP contribution in [0.2, 0.25) is 0 Å². The van der Waals surface area contributed by atoms with E-state index in [9.17, 15) is 4.79 Å². The number of nitrogens with two attached hydrogens (primary N) is 2. The lowest BCUT2D eigenvalue weighted by Gasteiger charge is -2.10. The third-order valence-electron chi connectivity index (χ3n) is 1.69. The van der Waals surface area contributed by atoms with E-state index in [1.165, 1.54) is 0 Å². The van der Waals surface area contributed by atoms with Crippen molar-refractivity contribution in [1.29, 1.82) is 0 Å². The van der Waals surface area contributed by atoms with Gasteiger partial charge in [0.05, 0.1) is 11.3 Å². The Balaban J connectivity index is 3.07. The van der Waals surface area contributed by atoms with Gasteiger partial charge < -0.3 is 11.5 Å². The minimum absolute atomic E-state index is 0.399. The zero-order valence-corrected chi connectivity index (χ0v) is 9.10. The zero-order chi connectivity index (χ0) is 10.7. The van der Waals surface area contributed by atoms with E-state index in [-0.39, 0.29) is 0 Å². The average molecular weight is 210 g/mol. The average Bonchev–Trinajstić information content (AvgIpc) is 2.07. The SMILES string of the molecule is CC(C)Sc1cccc(C(N)=O)c1N. The number of carbonyl (C=O) groups is 1. The Morgan fingerprint density at radius 2 is 2.07 bits per heavy atom. The third kappa shape index (κ3) is 2.42. The number of primary amides is 1. The van der Waals surface area contributed by atoms with Crippen LogP contribution in [0.5, 0.6) is 0 Å². The molecule has 4 heteroatoms. The molecule has 0 fully saturated rings. The highest BCUT2D eigenvalue weighted by molar-refractivity contribution is 8.00. The number of benzene rings is 1. The molecule has 0 bridgehead atoms. The second-order valence-electron chi connectivity index (χ2n) is 3.25. The molecule has 0 atom stereocenters. The molecular formula is C10H14N2OS. The molecule has 0 saturated heterocycles. The second kappa shape index (κ2) is 4.37. The van der Waals surface area contributed by atoms with Gasteiger partial charge in [0.2, 0.25) is 0 Å². The van der Waals surface area contributed by atoms with Crippen LogP contribution >= 0.6 is 11.8 Å². The minimum atomic E-state index is -0.478. The summed E-state index contributed by atoms with van der Waals surface area (Å²) in [5.74, 6) is -0.478. The highest BCUT2D eigenvalue weighted by Gasteiger charge is 2.10. The van der Waals surface area contributed by atoms with Crippen molar-refractivity contribution >= 4 is 23.4 Å². The third-order valence-corrected chi connectivity index (χ3v) is 2.78. The zero-order valence-electron chi connectivity index (χ0n) is 8.28. The first-order valence-electron chi connectivity index (χ1n) is 4.37. The van der Waals surface area contributed by atoms with Crippen LogP contribution in [0, 0.1) is 0 Å². The van der Waals surface area contributed by atoms with Crippen LogP contribution in [0.1, 0.15) is 24.2 Å². The number of nitrogen functional groups attached to an aromatic ring is 1. The van der Waals surface area contributed by atoms with Gasteiger partial charge in [-0.15, -0.1) is 11.8 Å². The molecule has 1 aromatic rings. The maximum atomic E-state index is 11.0. The van der Waals surface area contributed by atoms with Gasteiger partial charge in [-0.1, -0.05) is 19.9 Å². The molecule has 0 aromatic heterocycles. The van der Waals surface area contributed by atoms with Crippen molar-refractivity contribution in [3.05, 3.63) is 23.8 Å². The van der Waals surface area contributed by atoms with E-state index < -0.39 is 5.91 Å². The summed E-state index contributed by atoms with van der Waals surface area (Å²) in [6.45, 7) is 4.14. The Bertz CT molecular complexity index is 350. The molecule has 0 aliphatic rings. The van der Waals surface area contributed by atoms with Crippen molar-refractivity contribution in [2.75, 3.05) is 5.73 Å². The maximum Gasteiger partial charge on any atom is 0.250 e. The summed E-state index contributed by atoms with van der Waals surface area (Å²) in [4.78, 5) is 11.9. The smallest absolute Gasteiger partial charge is 0.250 e. The molecule has 0 unspecified atom stereocenters. The van der Waals surface area contributed by atoms with Crippen LogP contribution in [0.15, 0.2) is 23.1 Å². The van der Waals surface area contributed by atoms with Crippen LogP contribution in [-0.4, -0.2) is 11.2 Å². The molecule has 0 spiro atoms. The van der Waals surface area contributed by atoms with Crippen molar-refractivity contribution in [3.8, 4) is 0 Å². The van der Waals surface area contributed by atoms with E-state index in [4.69, 9.17) is 11.5 Å². The molecule has 76 valence electrons. The maximum absolute atomic E-state index is 11.0. The Morgan fingerprint density at radius 1 is 1.43 bits per heavy atom. The molecule has 1 aromatic carbocycles. The first-order chi connectivity index (χ1) is 6.52. The van der Waals surface area contributed by atoms with Crippen molar-refractivity contribution in [2.45, 2.75) is 24.0 Å². The lowest BCUT2D eigenvalue weighted by atomic mass is 10.2. The molecule has 0 saturated carbocycles. The first-order valence-corrected chi connectivity index (χ1v) is 5.25. The van der Waals surface area contributed by atoms with Gasteiger partial charge in [0.25, 0.3) is 5.91 Å². The standard InChI is InChI=1S/C10H14N2OS/c1-6(2)14-8-5-3-4-7(9(8)11)10(12)13/h3-6H,11H2,1-2H3,(H2,12,13). The van der Waals surface area contributed by atoms with Crippen molar-refractivity contribution in [1.82, 2.24) is 0 Å². The number of rotatable bonds is 3. The fraction of sp³-hybridized carbons (Fsp3) is 0.300. The highest BCUT2D eigenvalue weighted by Crippen LogP contribution is 2.30. The number of amides is 1. The number of anilines is 1. The van der Waals surface area contributed by atoms with Crippen molar-refractivity contribution in [2.24, 2.45) is 5.73 Å². The van der Waals surface area contributed by atoms with Gasteiger partial charge in [-0.25, -0.2) is 0 Å². The largest absolute Gasteiger partial charge is 0.397 e. The van der Waals surface area contributed by atoms with Crippen molar-refractivity contribution in [3.63, 3.8) is 0 Å². The molecule has 0 radical (unpaired) electrons. The van der Waals surface area contributed by atoms with Crippen LogP contribution in [0.4, 0.5) is 5.69 Å². The number of thioether (sulfide) groups is 1. The molecule has 3 nitrogen and oxygen atoms in total. The number of hydrogen-bond acceptors (Lipinski definition) is 3. The fourth-order valence-corrected chi connectivity index (χ4v) is 2.02. The minimum Gasteiger partial charge on any atom is -0.397 e. The molecular weight excluding hydrogens is 196 g/mol. The van der Waals surface area contributed by atoms with E-state index in [2.05, 4.69) is 13.8 Å². The van der Waals surface area contributed by atoms with Gasteiger partial charge in [0.15, 0.2) is 0 Å². The summed E-state index contributed by atoms with van der Waals surface area (Å²) < 4.78 is 0. The number of hydrogen-bond donors (Lipinski definition) is 2. The van der Waals surface area contributed by atoms with Gasteiger partial charge in [-0.05, 0) is 12.1 Å². The summed E-state index contributed by atoms with van der Waals surface area (Å²) in [5.41, 5.74) is 11.9. The molecule has 0 aliphatic heterocycles. The fourth-order valence-electron chi connectivity index (χ4n) is 1.12. The van der Waals surface area contributed by atoms with Crippen LogP contribution < -0.4 is 11.5 Å². The quantitative estimate of drug-likeness (QED) is 0.591. The molecule has 14 heavy (non-hydrogen) atoms. The summed E-state index contributed by atoms with van der Waals surface area (Å²) in [5, 5.41) is 0.431. The Hall–Kier alpha value is -1.16. The second-order valence-corrected chi connectivity index (χ2v) is 4.87. The summed E-state index contributed by atoms with van der Waals surface area (Å²) in [6, 6.07) is 5.33. The Morgan fingerprint density at radius 3 is 2.57 bits per heavy atom. The number of para-hydroxylation sites is 1. The van der Waals surface area contributed by atoms with Crippen molar-refractivity contribution < 1.29 is 4.79 Å². The van der Waals surface area contributed by atoms with Gasteiger partial charge in [0, 0.05) is 10.1 Å². The van der Waals surface area contributed by atoms with Crippen LogP contribution in [-0.2, 0) is 0 Å². The summed E-state index contributed by atoms with van der Waals surface area (Å²) in [6.07, 6.45) is 0. The normalized spacial score (nSPS) is 10.5. The lowest BCUT2D eigenvalue weighted by molar-refractivity contribution is 0.100. The Kier molecular flexibility index (Phi) is 3.41. The van der Waals surface area contributed by atoms with Crippen LogP contribution in [0.3, 0.4) is 0 Å². The lowest BCUT2D eigenvalue weighted by Crippen LogP contribution is -2.13. The van der Waals surface area contributed by atoms with E-state index in [1.54, 1.807) is 23.9 Å². The Labute approximate surface area is 87.9 Å². The van der Waals surface area contributed by atoms with E-state index in [0.717, 1.165) is 4.90 Å². The first kappa shape index (κ1) is 10.9. The summed E-state index contributed by atoms with van der Waals surface area (Å²) in [7, 11) is 0. The number of carbonyl (C=O) groups excluding carboxylic acids is 1. The monoisotopic (exact) mass is 210 g/mol. The van der Waals surface area contributed by atoms with E-state index >= 15 is 0 Å². The molecule has 1 amide bonds. The van der Waals surface area contributed by atoms with E-state index in [1.807, 2.05) is 6.07 Å². The van der Waals surface area contributed by atoms with Gasteiger partial charge in [0.1, 0.15) is 0 Å². The van der Waals surface area contributed by atoms with Gasteiger partial charge in [-0.2, -0.15) is 0 Å². The van der Waals surface area contributed by atoms with Crippen LogP contribution in [0.25, 0.3) is 0 Å². The topological polar surface area (TPSA) is 69.1 Å². The molecule has 0 aliphatic carbocycles. The molecule has 0 heterocycles. The van der Waals surface area contributed by atoms with Gasteiger partial charge in [-0.3, -0.25) is 4.79 Å². The van der Waals surface area contributed by atoms with Gasteiger partial charge >= 0.3 is 0 Å². The van der Waals surface area contributed by atoms with E-state index in [0.29, 0.717) is 16.5 Å². The summed E-state index contributed by atoms with van der Waals surface area (Å²) >= 11 is 1.62. The molecule has 4 N–H and O–H groups in total. The predicted octanol–water partition coefficient (Wildman–Crippen LogP) is 1.87. The highest BCUT2D eigenvalue weighted by atomic mass is 32.2. The predicted molar refractivity (Wildman–Crippen MR) is 60.4 cm³/mol. The molecule has 1 rings (SSSR count).